The fraction of sp³-hybridized carbons (Fsp3) is 0.600. The maximum absolute atomic E-state index is 12.4. The first-order valence-corrected chi connectivity index (χ1v) is 9.38. The maximum Gasteiger partial charge on any atom is 0.253 e. The summed E-state index contributed by atoms with van der Waals surface area (Å²) in [5.74, 6) is 0.523. The zero-order chi connectivity index (χ0) is 18.7. The first kappa shape index (κ1) is 18.7. The predicted molar refractivity (Wildman–Crippen MR) is 102 cm³/mol. The first-order chi connectivity index (χ1) is 12.3. The molecule has 0 bridgehead atoms. The van der Waals surface area contributed by atoms with Gasteiger partial charge in [-0.15, -0.1) is 0 Å². The van der Waals surface area contributed by atoms with Gasteiger partial charge in [-0.25, -0.2) is 4.98 Å². The van der Waals surface area contributed by atoms with Crippen molar-refractivity contribution in [2.45, 2.75) is 59.0 Å². The molecule has 0 aliphatic carbocycles. The van der Waals surface area contributed by atoms with Gasteiger partial charge in [0.1, 0.15) is 0 Å². The summed E-state index contributed by atoms with van der Waals surface area (Å²) in [6.07, 6.45) is 7.59. The molecular weight excluding hydrogens is 326 g/mol. The molecule has 0 unspecified atom stereocenters. The van der Waals surface area contributed by atoms with E-state index in [4.69, 9.17) is 0 Å². The molecule has 0 N–H and O–H groups in total. The number of nitrogens with zero attached hydrogens (tertiary/aromatic N) is 5. The number of piperidine rings is 1. The van der Waals surface area contributed by atoms with Crippen molar-refractivity contribution in [2.24, 2.45) is 5.92 Å². The van der Waals surface area contributed by atoms with E-state index in [9.17, 15) is 4.79 Å². The van der Waals surface area contributed by atoms with Crippen molar-refractivity contribution in [1.29, 1.82) is 0 Å². The van der Waals surface area contributed by atoms with Crippen LogP contribution in [0.1, 0.15) is 50.7 Å². The lowest BCUT2D eigenvalue weighted by Crippen LogP contribution is -2.36. The van der Waals surface area contributed by atoms with Crippen LogP contribution in [0.5, 0.6) is 0 Å². The van der Waals surface area contributed by atoms with Crippen molar-refractivity contribution in [2.75, 3.05) is 13.1 Å². The van der Waals surface area contributed by atoms with Crippen molar-refractivity contribution in [3.05, 3.63) is 52.2 Å². The van der Waals surface area contributed by atoms with Gasteiger partial charge in [0, 0.05) is 37.0 Å². The SMILES string of the molecule is Cc1cnc(CN2CCC(Cn3cnc(C(C)(C)C)cc3=O)CC2)cn1. The molecule has 2 aromatic heterocycles. The molecule has 3 rings (SSSR count). The Morgan fingerprint density at radius 2 is 1.85 bits per heavy atom. The van der Waals surface area contributed by atoms with Gasteiger partial charge in [0.05, 0.1) is 23.4 Å². The van der Waals surface area contributed by atoms with Gasteiger partial charge in [0.2, 0.25) is 0 Å². The van der Waals surface area contributed by atoms with Crippen molar-refractivity contribution in [3.63, 3.8) is 0 Å². The number of hydrogen-bond donors (Lipinski definition) is 0. The molecule has 0 saturated carbocycles. The van der Waals surface area contributed by atoms with Gasteiger partial charge < -0.3 is 0 Å². The standard InChI is InChI=1S/C20H29N5O/c1-15-10-22-17(11-21-15)13-24-7-5-16(6-8-24)12-25-14-23-18(9-19(25)26)20(2,3)4/h9-11,14,16H,5-8,12-13H2,1-4H3. The van der Waals surface area contributed by atoms with Gasteiger partial charge in [-0.05, 0) is 38.8 Å². The zero-order valence-corrected chi connectivity index (χ0v) is 16.3. The van der Waals surface area contributed by atoms with Crippen LogP contribution < -0.4 is 5.56 Å². The van der Waals surface area contributed by atoms with Crippen molar-refractivity contribution < 1.29 is 0 Å². The molecule has 140 valence electrons. The molecule has 0 aromatic carbocycles. The monoisotopic (exact) mass is 355 g/mol. The molecule has 0 amide bonds. The molecular formula is C20H29N5O. The van der Waals surface area contributed by atoms with Gasteiger partial charge in [-0.1, -0.05) is 20.8 Å². The van der Waals surface area contributed by atoms with Crippen LogP contribution in [0.3, 0.4) is 0 Å². The molecule has 1 aliphatic rings. The Labute approximate surface area is 155 Å². The average molecular weight is 355 g/mol. The first-order valence-electron chi connectivity index (χ1n) is 9.38. The smallest absolute Gasteiger partial charge is 0.253 e. The highest BCUT2D eigenvalue weighted by Gasteiger charge is 2.21. The predicted octanol–water partition coefficient (Wildman–Crippen LogP) is 2.55. The van der Waals surface area contributed by atoms with Crippen LogP contribution in [0, 0.1) is 12.8 Å². The van der Waals surface area contributed by atoms with Gasteiger partial charge in [-0.3, -0.25) is 24.2 Å². The summed E-state index contributed by atoms with van der Waals surface area (Å²) in [6, 6.07) is 1.69. The third-order valence-corrected chi connectivity index (χ3v) is 5.03. The molecule has 0 spiro atoms. The molecule has 6 nitrogen and oxygen atoms in total. The highest BCUT2D eigenvalue weighted by atomic mass is 16.1. The molecule has 0 atom stereocenters. The average Bonchev–Trinajstić information content (AvgIpc) is 2.59. The minimum atomic E-state index is -0.0948. The van der Waals surface area contributed by atoms with Crippen LogP contribution in [0.15, 0.2) is 29.6 Å². The summed E-state index contributed by atoms with van der Waals surface area (Å²) in [7, 11) is 0. The van der Waals surface area contributed by atoms with E-state index in [0.29, 0.717) is 5.92 Å². The molecule has 0 radical (unpaired) electrons. The van der Waals surface area contributed by atoms with E-state index >= 15 is 0 Å². The van der Waals surface area contributed by atoms with E-state index in [1.807, 2.05) is 19.3 Å². The Morgan fingerprint density at radius 1 is 1.12 bits per heavy atom. The Balaban J connectivity index is 1.54. The quantitative estimate of drug-likeness (QED) is 0.843. The minimum absolute atomic E-state index is 0.0577. The summed E-state index contributed by atoms with van der Waals surface area (Å²) in [6.45, 7) is 11.8. The van der Waals surface area contributed by atoms with E-state index in [1.54, 1.807) is 17.0 Å². The highest BCUT2D eigenvalue weighted by Crippen LogP contribution is 2.21. The number of hydrogen-bond acceptors (Lipinski definition) is 5. The van der Waals surface area contributed by atoms with Crippen molar-refractivity contribution in [3.8, 4) is 0 Å². The number of aromatic nitrogens is 4. The molecule has 26 heavy (non-hydrogen) atoms. The number of aryl methyl sites for hydroxylation is 1. The molecule has 1 saturated heterocycles. The van der Waals surface area contributed by atoms with Crippen molar-refractivity contribution >= 4 is 0 Å². The summed E-state index contributed by atoms with van der Waals surface area (Å²) >= 11 is 0. The van der Waals surface area contributed by atoms with E-state index in [2.05, 4.69) is 40.6 Å². The summed E-state index contributed by atoms with van der Waals surface area (Å²) in [5, 5.41) is 0. The van der Waals surface area contributed by atoms with E-state index in [1.165, 1.54) is 0 Å². The zero-order valence-electron chi connectivity index (χ0n) is 16.3. The summed E-state index contributed by atoms with van der Waals surface area (Å²) in [5.41, 5.74) is 2.79. The van der Waals surface area contributed by atoms with Crippen LogP contribution in [0.2, 0.25) is 0 Å². The molecule has 6 heteroatoms. The topological polar surface area (TPSA) is 63.9 Å². The van der Waals surface area contributed by atoms with E-state index < -0.39 is 0 Å². The van der Waals surface area contributed by atoms with Gasteiger partial charge >= 0.3 is 0 Å². The van der Waals surface area contributed by atoms with E-state index in [-0.39, 0.29) is 11.0 Å². The largest absolute Gasteiger partial charge is 0.299 e. The van der Waals surface area contributed by atoms with Crippen LogP contribution in [0.4, 0.5) is 0 Å². The second-order valence-corrected chi connectivity index (χ2v) is 8.38. The Morgan fingerprint density at radius 3 is 2.42 bits per heavy atom. The number of rotatable bonds is 4. The number of likely N-dealkylation sites (tertiary alicyclic amines) is 1. The lowest BCUT2D eigenvalue weighted by molar-refractivity contribution is 0.164. The van der Waals surface area contributed by atoms with Crippen LogP contribution in [-0.2, 0) is 18.5 Å². The second-order valence-electron chi connectivity index (χ2n) is 8.38. The van der Waals surface area contributed by atoms with Gasteiger partial charge in [0.25, 0.3) is 5.56 Å². The normalized spacial score (nSPS) is 16.8. The second kappa shape index (κ2) is 7.66. The Hall–Kier alpha value is -2.08. The lowest BCUT2D eigenvalue weighted by Gasteiger charge is -2.31. The van der Waals surface area contributed by atoms with Gasteiger partial charge in [-0.2, -0.15) is 0 Å². The Kier molecular flexibility index (Phi) is 5.51. The van der Waals surface area contributed by atoms with Crippen LogP contribution in [-0.4, -0.2) is 37.5 Å². The fourth-order valence-electron chi connectivity index (χ4n) is 3.31. The van der Waals surface area contributed by atoms with Gasteiger partial charge in [0.15, 0.2) is 0 Å². The van der Waals surface area contributed by atoms with Crippen LogP contribution in [0.25, 0.3) is 0 Å². The lowest BCUT2D eigenvalue weighted by atomic mass is 9.92. The Bertz CT molecular complexity index is 783. The van der Waals surface area contributed by atoms with Crippen LogP contribution >= 0.6 is 0 Å². The third kappa shape index (κ3) is 4.75. The highest BCUT2D eigenvalue weighted by molar-refractivity contribution is 5.10. The maximum atomic E-state index is 12.4. The summed E-state index contributed by atoms with van der Waals surface area (Å²) < 4.78 is 1.76. The summed E-state index contributed by atoms with van der Waals surface area (Å²) in [4.78, 5) is 28.1. The molecule has 1 aliphatic heterocycles. The minimum Gasteiger partial charge on any atom is -0.299 e. The fourth-order valence-corrected chi connectivity index (χ4v) is 3.31. The molecule has 3 heterocycles. The third-order valence-electron chi connectivity index (χ3n) is 5.03. The van der Waals surface area contributed by atoms with E-state index in [0.717, 1.165) is 56.1 Å². The van der Waals surface area contributed by atoms with Crippen molar-refractivity contribution in [1.82, 2.24) is 24.4 Å². The molecule has 1 fully saturated rings. The molecule has 2 aromatic rings.